The molecule has 1 aromatic carbocycles. The number of sulfonamides is 1. The zero-order valence-electron chi connectivity index (χ0n) is 17.1. The van der Waals surface area contributed by atoms with Crippen LogP contribution in [0.3, 0.4) is 0 Å². The molecule has 0 saturated heterocycles. The van der Waals surface area contributed by atoms with Gasteiger partial charge in [-0.25, -0.2) is 31.0 Å². The molecule has 31 heavy (non-hydrogen) atoms. The lowest BCUT2D eigenvalue weighted by molar-refractivity contribution is 0.0518. The summed E-state index contributed by atoms with van der Waals surface area (Å²) in [5.41, 5.74) is -0.144. The van der Waals surface area contributed by atoms with E-state index in [2.05, 4.69) is 5.10 Å². The lowest BCUT2D eigenvalue weighted by atomic mass is 10.00. The van der Waals surface area contributed by atoms with E-state index < -0.39 is 34.5 Å². The molecule has 4 rings (SSSR count). The molecule has 0 N–H and O–H groups in total. The fraction of sp³-hybridized carbons (Fsp3) is 0.500. The first-order valence-electron chi connectivity index (χ1n) is 10.0. The molecule has 168 valence electrons. The van der Waals surface area contributed by atoms with Crippen LogP contribution in [-0.2, 0) is 14.8 Å². The number of anilines is 1. The van der Waals surface area contributed by atoms with Crippen molar-refractivity contribution in [3.8, 4) is 5.75 Å². The Morgan fingerprint density at radius 2 is 1.94 bits per heavy atom. The second-order valence-corrected chi connectivity index (χ2v) is 9.38. The van der Waals surface area contributed by atoms with Gasteiger partial charge in [-0.1, -0.05) is 0 Å². The SMILES string of the molecule is CCOC(=O)c1cnn2c1N(S(=O)(=O)c1ccc(OC)cc1)[C@@H](C1CC1)C[C@@H]2C(F)F. The Morgan fingerprint density at radius 3 is 2.48 bits per heavy atom. The van der Waals surface area contributed by atoms with E-state index in [1.807, 2.05) is 0 Å². The van der Waals surface area contributed by atoms with Gasteiger partial charge in [0.2, 0.25) is 0 Å². The van der Waals surface area contributed by atoms with Gasteiger partial charge in [0.05, 0.1) is 30.9 Å². The van der Waals surface area contributed by atoms with Crippen LogP contribution < -0.4 is 9.04 Å². The number of fused-ring (bicyclic) bond motifs is 1. The van der Waals surface area contributed by atoms with E-state index in [0.29, 0.717) is 5.75 Å². The van der Waals surface area contributed by atoms with Crippen LogP contribution in [0.25, 0.3) is 0 Å². The Balaban J connectivity index is 1.89. The van der Waals surface area contributed by atoms with Crippen molar-refractivity contribution < 1.29 is 31.5 Å². The summed E-state index contributed by atoms with van der Waals surface area (Å²) < 4.78 is 67.4. The Hall–Kier alpha value is -2.69. The molecule has 2 aromatic rings. The number of ether oxygens (including phenoxy) is 2. The third-order valence-corrected chi connectivity index (χ3v) is 7.47. The van der Waals surface area contributed by atoms with E-state index in [1.54, 1.807) is 6.92 Å². The van der Waals surface area contributed by atoms with Gasteiger partial charge < -0.3 is 9.47 Å². The molecule has 11 heteroatoms. The summed E-state index contributed by atoms with van der Waals surface area (Å²) >= 11 is 0. The number of hydrogen-bond donors (Lipinski definition) is 0. The summed E-state index contributed by atoms with van der Waals surface area (Å²) in [6, 6.07) is 3.77. The summed E-state index contributed by atoms with van der Waals surface area (Å²) in [4.78, 5) is 12.5. The van der Waals surface area contributed by atoms with Gasteiger partial charge in [-0.3, -0.25) is 0 Å². The van der Waals surface area contributed by atoms with E-state index in [0.717, 1.165) is 28.0 Å². The van der Waals surface area contributed by atoms with Crippen LogP contribution >= 0.6 is 0 Å². The minimum atomic E-state index is -4.18. The Bertz CT molecular complexity index is 1070. The van der Waals surface area contributed by atoms with Crippen LogP contribution in [0, 0.1) is 5.92 Å². The van der Waals surface area contributed by atoms with Gasteiger partial charge >= 0.3 is 5.97 Å². The maximum Gasteiger partial charge on any atom is 0.343 e. The number of aromatic nitrogens is 2. The van der Waals surface area contributed by atoms with Gasteiger partial charge in [0.1, 0.15) is 17.4 Å². The van der Waals surface area contributed by atoms with Crippen molar-refractivity contribution in [3.63, 3.8) is 0 Å². The number of esters is 1. The largest absolute Gasteiger partial charge is 0.497 e. The Labute approximate surface area is 178 Å². The summed E-state index contributed by atoms with van der Waals surface area (Å²) in [6.45, 7) is 1.66. The first-order valence-corrected chi connectivity index (χ1v) is 11.4. The molecule has 0 bridgehead atoms. The van der Waals surface area contributed by atoms with Crippen LogP contribution in [0.5, 0.6) is 5.75 Å². The molecule has 0 unspecified atom stereocenters. The molecular formula is C20H23F2N3O5S. The molecule has 1 aliphatic heterocycles. The average Bonchev–Trinajstić information content (AvgIpc) is 3.51. The van der Waals surface area contributed by atoms with E-state index in [4.69, 9.17) is 9.47 Å². The summed E-state index contributed by atoms with van der Waals surface area (Å²) in [7, 11) is -2.72. The van der Waals surface area contributed by atoms with Crippen LogP contribution in [-0.4, -0.2) is 50.4 Å². The molecule has 8 nitrogen and oxygen atoms in total. The third-order valence-electron chi connectivity index (χ3n) is 5.64. The highest BCUT2D eigenvalue weighted by atomic mass is 32.2. The van der Waals surface area contributed by atoms with Gasteiger partial charge in [-0.05, 0) is 56.4 Å². The van der Waals surface area contributed by atoms with Crippen LogP contribution in [0.15, 0.2) is 35.4 Å². The minimum absolute atomic E-state index is 0.0306. The fourth-order valence-electron chi connectivity index (χ4n) is 4.00. The standard InChI is InChI=1S/C20H23F2N3O5S/c1-3-30-20(26)15-11-23-24-17(18(21)22)10-16(12-4-5-12)25(19(15)24)31(27,28)14-8-6-13(29-2)7-9-14/h6-9,11-12,16-18H,3-5,10H2,1-2H3/t16-,17-/m1/s1. The third kappa shape index (κ3) is 3.75. The molecule has 2 aliphatic rings. The Kier molecular flexibility index (Phi) is 5.63. The average molecular weight is 455 g/mol. The monoisotopic (exact) mass is 455 g/mol. The van der Waals surface area contributed by atoms with Crippen molar-refractivity contribution in [1.82, 2.24) is 9.78 Å². The van der Waals surface area contributed by atoms with Crippen LogP contribution in [0.1, 0.15) is 42.6 Å². The lowest BCUT2D eigenvalue weighted by Crippen LogP contribution is -2.49. The maximum absolute atomic E-state index is 13.9. The number of methoxy groups -OCH3 is 1. The smallest absolute Gasteiger partial charge is 0.343 e. The van der Waals surface area contributed by atoms with Crippen LogP contribution in [0.4, 0.5) is 14.6 Å². The highest BCUT2D eigenvalue weighted by molar-refractivity contribution is 7.92. The second kappa shape index (κ2) is 8.10. The fourth-order valence-corrected chi connectivity index (χ4v) is 5.73. The maximum atomic E-state index is 13.9. The first kappa shape index (κ1) is 21.5. The molecule has 1 saturated carbocycles. The number of hydrogen-bond acceptors (Lipinski definition) is 6. The first-order chi connectivity index (χ1) is 14.8. The molecule has 0 amide bonds. The van der Waals surface area contributed by atoms with Gasteiger partial charge in [0, 0.05) is 0 Å². The van der Waals surface area contributed by atoms with Crippen molar-refractivity contribution >= 4 is 21.8 Å². The number of benzene rings is 1. The van der Waals surface area contributed by atoms with Gasteiger partial charge in [-0.15, -0.1) is 0 Å². The topological polar surface area (TPSA) is 90.7 Å². The summed E-state index contributed by atoms with van der Waals surface area (Å²) in [6.07, 6.45) is -0.278. The summed E-state index contributed by atoms with van der Waals surface area (Å²) in [5, 5.41) is 3.97. The van der Waals surface area contributed by atoms with Crippen molar-refractivity contribution in [2.45, 2.75) is 49.6 Å². The number of halogens is 2. The quantitative estimate of drug-likeness (QED) is 0.596. The zero-order chi connectivity index (χ0) is 22.3. The number of nitrogens with zero attached hydrogens (tertiary/aromatic N) is 3. The van der Waals surface area contributed by atoms with E-state index in [-0.39, 0.29) is 35.2 Å². The number of carbonyl (C=O) groups excluding carboxylic acids is 1. The minimum Gasteiger partial charge on any atom is -0.497 e. The molecule has 0 radical (unpaired) electrons. The van der Waals surface area contributed by atoms with Crippen molar-refractivity contribution in [2.75, 3.05) is 18.0 Å². The van der Waals surface area contributed by atoms with Crippen LogP contribution in [0.2, 0.25) is 0 Å². The molecule has 2 atom stereocenters. The highest BCUT2D eigenvalue weighted by Gasteiger charge is 2.50. The lowest BCUT2D eigenvalue weighted by Gasteiger charge is -2.40. The Morgan fingerprint density at radius 1 is 1.26 bits per heavy atom. The second-order valence-electron chi connectivity index (χ2n) is 7.57. The zero-order valence-corrected chi connectivity index (χ0v) is 17.9. The van der Waals surface area contributed by atoms with Gasteiger partial charge in [0.15, 0.2) is 5.82 Å². The molecule has 0 spiro atoms. The molecule has 1 aliphatic carbocycles. The summed E-state index contributed by atoms with van der Waals surface area (Å²) in [5.74, 6) is -0.551. The molecule has 1 fully saturated rings. The van der Waals surface area contributed by atoms with E-state index in [1.165, 1.54) is 31.4 Å². The normalized spacial score (nSPS) is 21.1. The predicted molar refractivity (Wildman–Crippen MR) is 107 cm³/mol. The molecule has 2 heterocycles. The number of alkyl halides is 2. The van der Waals surface area contributed by atoms with E-state index >= 15 is 0 Å². The van der Waals surface area contributed by atoms with Crippen molar-refractivity contribution in [2.24, 2.45) is 5.92 Å². The highest BCUT2D eigenvalue weighted by Crippen LogP contribution is 2.48. The van der Waals surface area contributed by atoms with Crippen molar-refractivity contribution in [3.05, 3.63) is 36.0 Å². The molecule has 1 aromatic heterocycles. The van der Waals surface area contributed by atoms with Crippen molar-refractivity contribution in [1.29, 1.82) is 0 Å². The number of carbonyl (C=O) groups is 1. The van der Waals surface area contributed by atoms with E-state index in [9.17, 15) is 22.0 Å². The van der Waals surface area contributed by atoms with Gasteiger partial charge in [-0.2, -0.15) is 5.10 Å². The van der Waals surface area contributed by atoms with Gasteiger partial charge in [0.25, 0.3) is 16.4 Å². The molecular weight excluding hydrogens is 432 g/mol. The number of rotatable bonds is 7. The predicted octanol–water partition coefficient (Wildman–Crippen LogP) is 3.25.